The van der Waals surface area contributed by atoms with Crippen LogP contribution >= 0.6 is 0 Å². The van der Waals surface area contributed by atoms with Crippen LogP contribution in [0.4, 0.5) is 4.39 Å². The first-order valence-electron chi connectivity index (χ1n) is 11.4. The van der Waals surface area contributed by atoms with Gasteiger partial charge in [0, 0.05) is 32.7 Å². The van der Waals surface area contributed by atoms with Crippen LogP contribution in [-0.2, 0) is 19.5 Å². The molecule has 0 bridgehead atoms. The zero-order valence-corrected chi connectivity index (χ0v) is 18.4. The van der Waals surface area contributed by atoms with Crippen molar-refractivity contribution in [2.45, 2.75) is 45.7 Å². The molecular formula is C25H28FN5O. The monoisotopic (exact) mass is 433 g/mol. The molecule has 32 heavy (non-hydrogen) atoms. The molecule has 0 unspecified atom stereocenters. The summed E-state index contributed by atoms with van der Waals surface area (Å²) in [5.41, 5.74) is 5.88. The van der Waals surface area contributed by atoms with Crippen LogP contribution in [0, 0.1) is 12.7 Å². The predicted molar refractivity (Wildman–Crippen MR) is 120 cm³/mol. The van der Waals surface area contributed by atoms with E-state index in [1.54, 1.807) is 0 Å². The van der Waals surface area contributed by atoms with Crippen LogP contribution in [-0.4, -0.2) is 50.3 Å². The molecule has 0 saturated carbocycles. The normalized spacial score (nSPS) is 16.8. The van der Waals surface area contributed by atoms with Crippen molar-refractivity contribution in [1.82, 2.24) is 24.8 Å². The van der Waals surface area contributed by atoms with Gasteiger partial charge in [-0.05, 0) is 67.5 Å². The average Bonchev–Trinajstić information content (AvgIpc) is 3.21. The van der Waals surface area contributed by atoms with E-state index < -0.39 is 0 Å². The van der Waals surface area contributed by atoms with Gasteiger partial charge in [-0.3, -0.25) is 9.69 Å². The lowest BCUT2D eigenvalue weighted by Crippen LogP contribution is -2.36. The third-order valence-electron chi connectivity index (χ3n) is 6.61. The number of likely N-dealkylation sites (tertiary alicyclic amines) is 1. The van der Waals surface area contributed by atoms with Gasteiger partial charge in [-0.25, -0.2) is 9.07 Å². The highest BCUT2D eigenvalue weighted by Gasteiger charge is 2.26. The van der Waals surface area contributed by atoms with Crippen molar-refractivity contribution in [3.8, 4) is 5.69 Å². The summed E-state index contributed by atoms with van der Waals surface area (Å²) < 4.78 is 15.0. The number of rotatable bonds is 4. The van der Waals surface area contributed by atoms with Crippen LogP contribution in [0.25, 0.3) is 5.69 Å². The van der Waals surface area contributed by atoms with Gasteiger partial charge in [0.05, 0.1) is 11.4 Å². The fraction of sp³-hybridized carbons (Fsp3) is 0.400. The van der Waals surface area contributed by atoms with Crippen molar-refractivity contribution in [2.24, 2.45) is 0 Å². The van der Waals surface area contributed by atoms with E-state index in [-0.39, 0.29) is 11.7 Å². The molecule has 0 radical (unpaired) electrons. The second-order valence-electron chi connectivity index (χ2n) is 8.79. The largest absolute Gasteiger partial charge is 0.337 e. The molecule has 0 aliphatic carbocycles. The number of piperidine rings is 1. The molecule has 1 saturated heterocycles. The van der Waals surface area contributed by atoms with Gasteiger partial charge in [0.15, 0.2) is 5.69 Å². The Hall–Kier alpha value is -3.06. The summed E-state index contributed by atoms with van der Waals surface area (Å²) in [6.45, 7) is 6.06. The number of hydrogen-bond acceptors (Lipinski definition) is 4. The average molecular weight is 434 g/mol. The molecular weight excluding hydrogens is 405 g/mol. The summed E-state index contributed by atoms with van der Waals surface area (Å²) in [7, 11) is 0. The standard InChI is InChI=1S/C25H28FN5O/c1-18-24(25(32)30-13-3-2-4-14-30)27-28-31(18)23-7-5-6-20-17-29(15-12-22(20)23)16-19-8-10-21(26)11-9-19/h5-11H,2-4,12-17H2,1H3. The van der Waals surface area contributed by atoms with Gasteiger partial charge in [-0.1, -0.05) is 29.5 Å². The van der Waals surface area contributed by atoms with Crippen molar-refractivity contribution in [2.75, 3.05) is 19.6 Å². The van der Waals surface area contributed by atoms with Crippen molar-refractivity contribution in [3.05, 3.63) is 76.4 Å². The number of carbonyl (C=O) groups excluding carboxylic acids is 1. The summed E-state index contributed by atoms with van der Waals surface area (Å²) >= 11 is 0. The molecule has 0 spiro atoms. The second-order valence-corrected chi connectivity index (χ2v) is 8.79. The highest BCUT2D eigenvalue weighted by molar-refractivity contribution is 5.93. The minimum atomic E-state index is -0.205. The Labute approximate surface area is 187 Å². The Bertz CT molecular complexity index is 1120. The molecule has 2 aliphatic heterocycles. The van der Waals surface area contributed by atoms with Gasteiger partial charge in [0.2, 0.25) is 0 Å². The smallest absolute Gasteiger partial charge is 0.276 e. The molecule has 2 aliphatic rings. The number of amides is 1. The molecule has 6 nitrogen and oxygen atoms in total. The number of fused-ring (bicyclic) bond motifs is 1. The van der Waals surface area contributed by atoms with E-state index in [2.05, 4.69) is 27.3 Å². The molecule has 3 aromatic rings. The van der Waals surface area contributed by atoms with E-state index in [0.717, 1.165) is 68.9 Å². The van der Waals surface area contributed by atoms with Gasteiger partial charge < -0.3 is 4.90 Å². The van der Waals surface area contributed by atoms with E-state index in [0.29, 0.717) is 5.69 Å². The van der Waals surface area contributed by atoms with Gasteiger partial charge in [-0.2, -0.15) is 0 Å². The van der Waals surface area contributed by atoms with Crippen LogP contribution in [0.5, 0.6) is 0 Å². The maximum atomic E-state index is 13.2. The molecule has 0 N–H and O–H groups in total. The maximum absolute atomic E-state index is 13.2. The highest BCUT2D eigenvalue weighted by Crippen LogP contribution is 2.27. The quantitative estimate of drug-likeness (QED) is 0.626. The number of benzene rings is 2. The summed E-state index contributed by atoms with van der Waals surface area (Å²) in [5.74, 6) is -0.215. The Morgan fingerprint density at radius 3 is 2.59 bits per heavy atom. The third kappa shape index (κ3) is 4.05. The highest BCUT2D eigenvalue weighted by atomic mass is 19.1. The van der Waals surface area contributed by atoms with Crippen molar-refractivity contribution >= 4 is 5.91 Å². The number of hydrogen-bond donors (Lipinski definition) is 0. The molecule has 2 aromatic carbocycles. The number of halogens is 1. The second kappa shape index (κ2) is 8.82. The number of aromatic nitrogens is 3. The first kappa shape index (κ1) is 20.8. The summed E-state index contributed by atoms with van der Waals surface area (Å²) in [4.78, 5) is 17.2. The molecule has 7 heteroatoms. The Kier molecular flexibility index (Phi) is 5.74. The van der Waals surface area contributed by atoms with Crippen LogP contribution < -0.4 is 0 Å². The first-order valence-corrected chi connectivity index (χ1v) is 11.4. The molecule has 166 valence electrons. The van der Waals surface area contributed by atoms with Crippen molar-refractivity contribution in [3.63, 3.8) is 0 Å². The van der Waals surface area contributed by atoms with E-state index in [1.165, 1.54) is 29.7 Å². The summed E-state index contributed by atoms with van der Waals surface area (Å²) in [6.07, 6.45) is 4.18. The lowest BCUT2D eigenvalue weighted by molar-refractivity contribution is 0.0717. The summed E-state index contributed by atoms with van der Waals surface area (Å²) in [5, 5.41) is 8.65. The van der Waals surface area contributed by atoms with Crippen LogP contribution in [0.3, 0.4) is 0 Å². The minimum Gasteiger partial charge on any atom is -0.337 e. The molecule has 0 atom stereocenters. The van der Waals surface area contributed by atoms with Gasteiger partial charge in [0.25, 0.3) is 5.91 Å². The Morgan fingerprint density at radius 1 is 1.03 bits per heavy atom. The Morgan fingerprint density at radius 2 is 1.81 bits per heavy atom. The van der Waals surface area contributed by atoms with Gasteiger partial charge in [0.1, 0.15) is 5.82 Å². The van der Waals surface area contributed by atoms with Gasteiger partial charge >= 0.3 is 0 Å². The fourth-order valence-electron chi connectivity index (χ4n) is 4.83. The number of carbonyl (C=O) groups is 1. The summed E-state index contributed by atoms with van der Waals surface area (Å²) in [6, 6.07) is 13.0. The molecule has 5 rings (SSSR count). The van der Waals surface area contributed by atoms with E-state index in [1.807, 2.05) is 34.7 Å². The lowest BCUT2D eigenvalue weighted by atomic mass is 9.97. The molecule has 1 aromatic heterocycles. The van der Waals surface area contributed by atoms with Crippen molar-refractivity contribution < 1.29 is 9.18 Å². The number of nitrogens with zero attached hydrogens (tertiary/aromatic N) is 5. The minimum absolute atomic E-state index is 0.0104. The van der Waals surface area contributed by atoms with E-state index in [9.17, 15) is 9.18 Å². The van der Waals surface area contributed by atoms with E-state index in [4.69, 9.17) is 0 Å². The molecule has 3 heterocycles. The zero-order chi connectivity index (χ0) is 22.1. The Balaban J connectivity index is 1.37. The van der Waals surface area contributed by atoms with Crippen LogP contribution in [0.2, 0.25) is 0 Å². The van der Waals surface area contributed by atoms with Crippen molar-refractivity contribution in [1.29, 1.82) is 0 Å². The molecule has 1 fully saturated rings. The first-order chi connectivity index (χ1) is 15.6. The lowest BCUT2D eigenvalue weighted by Gasteiger charge is -2.30. The van der Waals surface area contributed by atoms with E-state index >= 15 is 0 Å². The fourth-order valence-corrected chi connectivity index (χ4v) is 4.83. The molecule has 1 amide bonds. The maximum Gasteiger partial charge on any atom is 0.276 e. The topological polar surface area (TPSA) is 54.3 Å². The third-order valence-corrected chi connectivity index (χ3v) is 6.61. The van der Waals surface area contributed by atoms with Gasteiger partial charge in [-0.15, -0.1) is 5.10 Å². The SMILES string of the molecule is Cc1c(C(=O)N2CCCCC2)nnn1-c1cccc2c1CCN(Cc1ccc(F)cc1)C2. The van der Waals surface area contributed by atoms with Crippen LogP contribution in [0.1, 0.15) is 52.1 Å². The zero-order valence-electron chi connectivity index (χ0n) is 18.4. The predicted octanol–water partition coefficient (Wildman–Crippen LogP) is 3.90. The van der Waals surface area contributed by atoms with Crippen LogP contribution in [0.15, 0.2) is 42.5 Å².